The summed E-state index contributed by atoms with van der Waals surface area (Å²) in [4.78, 5) is 12.8. The van der Waals surface area contributed by atoms with Crippen LogP contribution in [0.25, 0.3) is 0 Å². The SMILES string of the molecule is C=C(C)[C@@H]1CC[C@]2(C(=O)O)CC[C@]3(C)[C@H](CC[C@@H]4[C@@]5(C)CC/C(=N/O)[C@@](C)(CO)[C@@H]5CC[C@]43C)[C@@H]12. The molecule has 5 nitrogen and oxygen atoms in total. The first kappa shape index (κ1) is 25.3. The lowest BCUT2D eigenvalue weighted by Crippen LogP contribution is -2.67. The summed E-state index contributed by atoms with van der Waals surface area (Å²) in [5, 5.41) is 34.5. The van der Waals surface area contributed by atoms with Crippen LogP contribution in [0.2, 0.25) is 0 Å². The fourth-order valence-corrected chi connectivity index (χ4v) is 11.5. The minimum atomic E-state index is -0.578. The van der Waals surface area contributed by atoms with E-state index in [9.17, 15) is 20.2 Å². The van der Waals surface area contributed by atoms with E-state index in [1.807, 2.05) is 0 Å². The Balaban J connectivity index is 1.57. The van der Waals surface area contributed by atoms with E-state index in [1.165, 1.54) is 5.57 Å². The van der Waals surface area contributed by atoms with Crippen LogP contribution >= 0.6 is 0 Å². The molecule has 10 atom stereocenters. The molecule has 0 aromatic rings. The van der Waals surface area contributed by atoms with Gasteiger partial charge >= 0.3 is 5.97 Å². The number of aliphatic carboxylic acids is 1. The van der Waals surface area contributed by atoms with Gasteiger partial charge in [0.05, 0.1) is 17.7 Å². The Labute approximate surface area is 211 Å². The van der Waals surface area contributed by atoms with E-state index in [4.69, 9.17) is 0 Å². The Kier molecular flexibility index (Phi) is 5.65. The lowest BCUT2D eigenvalue weighted by atomic mass is 9.32. The standard InChI is InChI=1S/C30H47NO4/c1-18(2)19-9-14-30(25(33)34)16-15-28(5)20(24(19)30)7-8-22-26(3)12-11-23(31-35)27(4,17-32)21(26)10-13-29(22,28)6/h19-22,24,32,35H,1,7-17H2,2-6H3,(H,33,34)/b31-23-/t19-,20+,21+,22+,24+,26-,27-,28+,29+,30-/m0/s1. The van der Waals surface area contributed by atoms with Crippen molar-refractivity contribution >= 4 is 11.7 Å². The monoisotopic (exact) mass is 485 g/mol. The van der Waals surface area contributed by atoms with Gasteiger partial charge in [-0.2, -0.15) is 0 Å². The van der Waals surface area contributed by atoms with Gasteiger partial charge in [-0.1, -0.05) is 45.0 Å². The molecule has 5 fully saturated rings. The third-order valence-electron chi connectivity index (χ3n) is 13.5. The van der Waals surface area contributed by atoms with Crippen LogP contribution < -0.4 is 0 Å². The minimum absolute atomic E-state index is 0.0273. The van der Waals surface area contributed by atoms with Crippen LogP contribution in [0.4, 0.5) is 0 Å². The van der Waals surface area contributed by atoms with Gasteiger partial charge in [-0.3, -0.25) is 4.79 Å². The molecule has 0 radical (unpaired) electrons. The lowest BCUT2D eigenvalue weighted by Gasteiger charge is -2.72. The van der Waals surface area contributed by atoms with E-state index >= 15 is 0 Å². The lowest BCUT2D eigenvalue weighted by molar-refractivity contribution is -0.232. The number of carboxylic acid groups (broad SMARTS) is 1. The number of rotatable bonds is 3. The molecule has 0 aromatic heterocycles. The molecule has 5 rings (SSSR count). The number of hydrogen-bond acceptors (Lipinski definition) is 4. The number of carbonyl (C=O) groups is 1. The highest BCUT2D eigenvalue weighted by Gasteiger charge is 2.72. The zero-order valence-corrected chi connectivity index (χ0v) is 22.6. The molecule has 3 N–H and O–H groups in total. The number of nitrogens with zero attached hydrogens (tertiary/aromatic N) is 1. The molecule has 0 heterocycles. The van der Waals surface area contributed by atoms with Crippen LogP contribution in [-0.4, -0.2) is 33.7 Å². The molecule has 5 aliphatic rings. The second kappa shape index (κ2) is 7.82. The van der Waals surface area contributed by atoms with Gasteiger partial charge in [0.15, 0.2) is 0 Å². The molecule has 196 valence electrons. The van der Waals surface area contributed by atoms with Crippen LogP contribution in [0.3, 0.4) is 0 Å². The molecule has 0 unspecified atom stereocenters. The zero-order valence-electron chi connectivity index (χ0n) is 22.6. The van der Waals surface area contributed by atoms with Gasteiger partial charge in [0, 0.05) is 5.41 Å². The van der Waals surface area contributed by atoms with Gasteiger partial charge in [0.25, 0.3) is 0 Å². The maximum absolute atomic E-state index is 12.8. The zero-order chi connectivity index (χ0) is 25.6. The number of carboxylic acids is 1. The van der Waals surface area contributed by atoms with E-state index in [0.29, 0.717) is 23.7 Å². The van der Waals surface area contributed by atoms with Crippen LogP contribution in [0.5, 0.6) is 0 Å². The number of allylic oxidation sites excluding steroid dienone is 1. The second-order valence-corrected chi connectivity index (χ2v) is 14.3. The number of fused-ring (bicyclic) bond motifs is 7. The Bertz CT molecular complexity index is 960. The van der Waals surface area contributed by atoms with Crippen LogP contribution in [0.1, 0.15) is 98.8 Å². The summed E-state index contributed by atoms with van der Waals surface area (Å²) in [6.07, 6.45) is 9.67. The molecule has 0 saturated heterocycles. The Morgan fingerprint density at radius 3 is 2.29 bits per heavy atom. The molecule has 0 bridgehead atoms. The molecule has 0 aliphatic heterocycles. The third-order valence-corrected chi connectivity index (χ3v) is 13.5. The van der Waals surface area contributed by atoms with Crippen LogP contribution in [0.15, 0.2) is 17.3 Å². The average molecular weight is 486 g/mol. The highest BCUT2D eigenvalue weighted by molar-refractivity contribution is 5.91. The topological polar surface area (TPSA) is 90.1 Å². The highest BCUT2D eigenvalue weighted by Crippen LogP contribution is 2.77. The van der Waals surface area contributed by atoms with Crippen molar-refractivity contribution in [3.05, 3.63) is 12.2 Å². The summed E-state index contributed by atoms with van der Waals surface area (Å²) in [6, 6.07) is 0. The van der Waals surface area contributed by atoms with E-state index in [0.717, 1.165) is 69.9 Å². The predicted molar refractivity (Wildman–Crippen MR) is 137 cm³/mol. The van der Waals surface area contributed by atoms with E-state index < -0.39 is 16.8 Å². The molecular formula is C30H47NO4. The summed E-state index contributed by atoms with van der Waals surface area (Å²) < 4.78 is 0. The van der Waals surface area contributed by atoms with Crippen molar-refractivity contribution in [3.8, 4) is 0 Å². The fourth-order valence-electron chi connectivity index (χ4n) is 11.5. The first-order valence-corrected chi connectivity index (χ1v) is 14.1. The molecule has 5 saturated carbocycles. The van der Waals surface area contributed by atoms with Gasteiger partial charge in [0.2, 0.25) is 0 Å². The van der Waals surface area contributed by atoms with Crippen molar-refractivity contribution in [2.75, 3.05) is 6.61 Å². The van der Waals surface area contributed by atoms with Gasteiger partial charge in [-0.05, 0) is 117 Å². The molecule has 0 amide bonds. The molecule has 35 heavy (non-hydrogen) atoms. The number of oxime groups is 1. The van der Waals surface area contributed by atoms with Gasteiger partial charge < -0.3 is 15.4 Å². The van der Waals surface area contributed by atoms with Gasteiger partial charge in [-0.25, -0.2) is 0 Å². The Morgan fingerprint density at radius 1 is 0.971 bits per heavy atom. The summed E-state index contributed by atoms with van der Waals surface area (Å²) in [5.41, 5.74) is 1.22. The van der Waals surface area contributed by atoms with Crippen molar-refractivity contribution in [2.45, 2.75) is 98.8 Å². The molecule has 0 spiro atoms. The average Bonchev–Trinajstić information content (AvgIpc) is 3.21. The highest BCUT2D eigenvalue weighted by atomic mass is 16.4. The Hall–Kier alpha value is -1.36. The smallest absolute Gasteiger partial charge is 0.309 e. The van der Waals surface area contributed by atoms with E-state index in [2.05, 4.69) is 46.4 Å². The summed E-state index contributed by atoms with van der Waals surface area (Å²) >= 11 is 0. The predicted octanol–water partition coefficient (Wildman–Crippen LogP) is 6.53. The fraction of sp³-hybridized carbons (Fsp3) is 0.867. The third kappa shape index (κ3) is 2.91. The van der Waals surface area contributed by atoms with Crippen molar-refractivity contribution in [1.29, 1.82) is 0 Å². The van der Waals surface area contributed by atoms with E-state index in [-0.39, 0.29) is 28.8 Å². The van der Waals surface area contributed by atoms with Crippen molar-refractivity contribution in [2.24, 2.45) is 61.8 Å². The summed E-state index contributed by atoms with van der Waals surface area (Å²) in [7, 11) is 0. The minimum Gasteiger partial charge on any atom is -0.481 e. The van der Waals surface area contributed by atoms with Crippen LogP contribution in [-0.2, 0) is 4.79 Å². The summed E-state index contributed by atoms with van der Waals surface area (Å²) in [5.74, 6) is 1.19. The largest absolute Gasteiger partial charge is 0.481 e. The Morgan fingerprint density at radius 2 is 1.69 bits per heavy atom. The number of hydrogen-bond donors (Lipinski definition) is 3. The second-order valence-electron chi connectivity index (χ2n) is 14.3. The van der Waals surface area contributed by atoms with Gasteiger partial charge in [-0.15, -0.1) is 0 Å². The first-order valence-electron chi connectivity index (χ1n) is 14.1. The maximum atomic E-state index is 12.8. The van der Waals surface area contributed by atoms with Crippen LogP contribution in [0, 0.1) is 56.7 Å². The first-order chi connectivity index (χ1) is 16.4. The summed E-state index contributed by atoms with van der Waals surface area (Å²) in [6.45, 7) is 16.1. The van der Waals surface area contributed by atoms with Crippen molar-refractivity contribution in [1.82, 2.24) is 0 Å². The van der Waals surface area contributed by atoms with Gasteiger partial charge in [0.1, 0.15) is 0 Å². The quantitative estimate of drug-likeness (QED) is 0.241. The molecular weight excluding hydrogens is 438 g/mol. The number of aliphatic hydroxyl groups excluding tert-OH is 1. The molecule has 5 heteroatoms. The maximum Gasteiger partial charge on any atom is 0.309 e. The number of aliphatic hydroxyl groups is 1. The van der Waals surface area contributed by atoms with Crippen molar-refractivity contribution < 1.29 is 20.2 Å². The van der Waals surface area contributed by atoms with Crippen molar-refractivity contribution in [3.63, 3.8) is 0 Å². The molecule has 0 aromatic carbocycles. The molecule has 5 aliphatic carbocycles. The van der Waals surface area contributed by atoms with E-state index in [1.54, 1.807) is 0 Å². The normalized spacial score (nSPS) is 54.3.